The summed E-state index contributed by atoms with van der Waals surface area (Å²) in [6, 6.07) is 14.5. The number of benzene rings is 2. The van der Waals surface area contributed by atoms with Crippen molar-refractivity contribution in [1.82, 2.24) is 14.8 Å². The van der Waals surface area contributed by atoms with E-state index in [2.05, 4.69) is 15.5 Å². The molecule has 1 N–H and O–H groups in total. The van der Waals surface area contributed by atoms with Crippen molar-refractivity contribution in [2.24, 2.45) is 7.05 Å². The average Bonchev–Trinajstić information content (AvgIpc) is 3.22. The van der Waals surface area contributed by atoms with Crippen molar-refractivity contribution >= 4 is 57.5 Å². The van der Waals surface area contributed by atoms with Gasteiger partial charge in [0, 0.05) is 28.2 Å². The molecule has 6 nitrogen and oxygen atoms in total. The Hall–Kier alpha value is -2.48. The third-order valence-corrected chi connectivity index (χ3v) is 5.42. The topological polar surface area (TPSA) is 73.0 Å². The summed E-state index contributed by atoms with van der Waals surface area (Å²) in [7, 11) is 1.83. The maximum absolute atomic E-state index is 12.2. The van der Waals surface area contributed by atoms with Gasteiger partial charge in [-0.05, 0) is 30.3 Å². The summed E-state index contributed by atoms with van der Waals surface area (Å²) in [5, 5.41) is 13.6. The van der Waals surface area contributed by atoms with Crippen LogP contribution < -0.4 is 5.32 Å². The molecule has 9 heteroatoms. The number of thioether (sulfide) groups is 1. The first-order chi connectivity index (χ1) is 13.5. The fourth-order valence-corrected chi connectivity index (χ4v) is 3.94. The molecule has 0 unspecified atom stereocenters. The van der Waals surface area contributed by atoms with E-state index in [4.69, 9.17) is 27.6 Å². The molecular formula is C19H14Cl2N4O2S. The average molecular weight is 433 g/mol. The molecule has 28 heavy (non-hydrogen) atoms. The molecule has 0 atom stereocenters. The molecule has 0 aliphatic carbocycles. The molecule has 4 aromatic rings. The summed E-state index contributed by atoms with van der Waals surface area (Å²) in [4.78, 5) is 12.2. The third kappa shape index (κ3) is 4.01. The first kappa shape index (κ1) is 18.9. The van der Waals surface area contributed by atoms with Crippen LogP contribution in [0.3, 0.4) is 0 Å². The molecule has 2 aromatic heterocycles. The zero-order valence-electron chi connectivity index (χ0n) is 14.6. The lowest BCUT2D eigenvalue weighted by Gasteiger charge is -2.06. The van der Waals surface area contributed by atoms with Crippen LogP contribution in [0.1, 0.15) is 0 Å². The number of hydrogen-bond acceptors (Lipinski definition) is 5. The molecule has 0 spiro atoms. The second-order valence-corrected chi connectivity index (χ2v) is 7.82. The first-order valence-electron chi connectivity index (χ1n) is 8.27. The smallest absolute Gasteiger partial charge is 0.234 e. The maximum Gasteiger partial charge on any atom is 0.234 e. The zero-order chi connectivity index (χ0) is 19.7. The van der Waals surface area contributed by atoms with Crippen LogP contribution in [0.25, 0.3) is 22.6 Å². The summed E-state index contributed by atoms with van der Waals surface area (Å²) in [5.41, 5.74) is 1.33. The molecular weight excluding hydrogens is 419 g/mol. The molecule has 4 rings (SSSR count). The SMILES string of the molecule is Cn1c(SCC(=O)Nc2cc(Cl)cc(Cl)c2)nnc1-c1cc2ccccc2o1. The summed E-state index contributed by atoms with van der Waals surface area (Å²) < 4.78 is 7.64. The number of fused-ring (bicyclic) bond motifs is 1. The van der Waals surface area contributed by atoms with Crippen LogP contribution in [-0.2, 0) is 11.8 Å². The second kappa shape index (κ2) is 7.87. The van der Waals surface area contributed by atoms with Gasteiger partial charge in [0.15, 0.2) is 16.7 Å². The lowest BCUT2D eigenvalue weighted by Crippen LogP contribution is -2.14. The minimum atomic E-state index is -0.198. The lowest BCUT2D eigenvalue weighted by atomic mass is 10.2. The normalized spacial score (nSPS) is 11.1. The number of nitrogens with zero attached hydrogens (tertiary/aromatic N) is 3. The molecule has 0 aliphatic rings. The Morgan fingerprint density at radius 3 is 2.64 bits per heavy atom. The molecule has 0 fully saturated rings. The Bertz CT molecular complexity index is 1120. The maximum atomic E-state index is 12.2. The van der Waals surface area contributed by atoms with Crippen molar-refractivity contribution in [2.75, 3.05) is 11.1 Å². The number of hydrogen-bond donors (Lipinski definition) is 1. The summed E-state index contributed by atoms with van der Waals surface area (Å²) >= 11 is 13.2. The molecule has 2 heterocycles. The number of carbonyl (C=O) groups is 1. The highest BCUT2D eigenvalue weighted by Crippen LogP contribution is 2.28. The number of nitrogens with one attached hydrogen (secondary N) is 1. The van der Waals surface area contributed by atoms with Gasteiger partial charge >= 0.3 is 0 Å². The van der Waals surface area contributed by atoms with E-state index >= 15 is 0 Å². The van der Waals surface area contributed by atoms with Gasteiger partial charge in [-0.1, -0.05) is 53.2 Å². The number of halogens is 2. The number of rotatable bonds is 5. The highest BCUT2D eigenvalue weighted by Gasteiger charge is 2.16. The van der Waals surface area contributed by atoms with Gasteiger partial charge < -0.3 is 14.3 Å². The van der Waals surface area contributed by atoms with Crippen LogP contribution in [0, 0.1) is 0 Å². The highest BCUT2D eigenvalue weighted by molar-refractivity contribution is 7.99. The standard InChI is InChI=1S/C19H14Cl2N4O2S/c1-25-18(16-6-11-4-2-3-5-15(11)27-16)23-24-19(25)28-10-17(26)22-14-8-12(20)7-13(21)9-14/h2-9H,10H2,1H3,(H,22,26). The Balaban J connectivity index is 1.45. The van der Waals surface area contributed by atoms with Crippen molar-refractivity contribution in [3.8, 4) is 11.6 Å². The first-order valence-corrected chi connectivity index (χ1v) is 10.0. The van der Waals surface area contributed by atoms with E-state index in [0.29, 0.717) is 32.5 Å². The summed E-state index contributed by atoms with van der Waals surface area (Å²) in [5.74, 6) is 1.19. The second-order valence-electron chi connectivity index (χ2n) is 6.01. The Kier molecular flexibility index (Phi) is 5.30. The van der Waals surface area contributed by atoms with E-state index in [1.54, 1.807) is 22.8 Å². The van der Waals surface area contributed by atoms with Gasteiger partial charge in [0.1, 0.15) is 5.58 Å². The summed E-state index contributed by atoms with van der Waals surface area (Å²) in [6.45, 7) is 0. The largest absolute Gasteiger partial charge is 0.453 e. The minimum Gasteiger partial charge on any atom is -0.453 e. The van der Waals surface area contributed by atoms with Gasteiger partial charge in [0.25, 0.3) is 0 Å². The number of anilines is 1. The van der Waals surface area contributed by atoms with Crippen LogP contribution in [-0.4, -0.2) is 26.4 Å². The van der Waals surface area contributed by atoms with Crippen LogP contribution in [0.4, 0.5) is 5.69 Å². The molecule has 0 radical (unpaired) electrons. The number of carbonyl (C=O) groups excluding carboxylic acids is 1. The van der Waals surface area contributed by atoms with E-state index < -0.39 is 0 Å². The predicted octanol–water partition coefficient (Wildman–Crippen LogP) is 5.27. The zero-order valence-corrected chi connectivity index (χ0v) is 17.0. The molecule has 1 amide bonds. The van der Waals surface area contributed by atoms with Crippen molar-refractivity contribution in [1.29, 1.82) is 0 Å². The van der Waals surface area contributed by atoms with E-state index in [1.807, 2.05) is 37.4 Å². The van der Waals surface area contributed by atoms with Gasteiger partial charge in [-0.25, -0.2) is 0 Å². The Morgan fingerprint density at radius 2 is 1.89 bits per heavy atom. The number of amides is 1. The number of aromatic nitrogens is 3. The quantitative estimate of drug-likeness (QED) is 0.435. The molecule has 0 saturated heterocycles. The van der Waals surface area contributed by atoms with Gasteiger partial charge in [0.2, 0.25) is 5.91 Å². The molecule has 0 bridgehead atoms. The summed E-state index contributed by atoms with van der Waals surface area (Å²) in [6.07, 6.45) is 0. The van der Waals surface area contributed by atoms with Crippen molar-refractivity contribution in [2.45, 2.75) is 5.16 Å². The Labute approximate surface area is 174 Å². The van der Waals surface area contributed by atoms with Crippen LogP contribution in [0.5, 0.6) is 0 Å². The van der Waals surface area contributed by atoms with E-state index in [9.17, 15) is 4.79 Å². The molecule has 0 aliphatic heterocycles. The van der Waals surface area contributed by atoms with Crippen molar-refractivity contribution < 1.29 is 9.21 Å². The predicted molar refractivity (Wildman–Crippen MR) is 112 cm³/mol. The van der Waals surface area contributed by atoms with Crippen LogP contribution in [0.2, 0.25) is 10.0 Å². The Morgan fingerprint density at radius 1 is 1.14 bits per heavy atom. The third-order valence-electron chi connectivity index (χ3n) is 3.96. The number of furan rings is 1. The highest BCUT2D eigenvalue weighted by atomic mass is 35.5. The number of para-hydroxylation sites is 1. The van der Waals surface area contributed by atoms with E-state index in [-0.39, 0.29) is 11.7 Å². The monoisotopic (exact) mass is 432 g/mol. The van der Waals surface area contributed by atoms with Gasteiger partial charge in [-0.3, -0.25) is 4.79 Å². The lowest BCUT2D eigenvalue weighted by molar-refractivity contribution is -0.113. The molecule has 0 saturated carbocycles. The van der Waals surface area contributed by atoms with Crippen LogP contribution in [0.15, 0.2) is 58.1 Å². The fourth-order valence-electron chi connectivity index (χ4n) is 2.70. The van der Waals surface area contributed by atoms with Gasteiger partial charge in [-0.15, -0.1) is 10.2 Å². The van der Waals surface area contributed by atoms with Crippen molar-refractivity contribution in [3.63, 3.8) is 0 Å². The van der Waals surface area contributed by atoms with Crippen LogP contribution >= 0.6 is 35.0 Å². The molecule has 142 valence electrons. The molecule has 2 aromatic carbocycles. The van der Waals surface area contributed by atoms with Gasteiger partial charge in [-0.2, -0.15) is 0 Å². The van der Waals surface area contributed by atoms with E-state index in [1.165, 1.54) is 11.8 Å². The fraction of sp³-hybridized carbons (Fsp3) is 0.105. The van der Waals surface area contributed by atoms with Gasteiger partial charge in [0.05, 0.1) is 5.75 Å². The van der Waals surface area contributed by atoms with E-state index in [0.717, 1.165) is 11.0 Å². The minimum absolute atomic E-state index is 0.163. The van der Waals surface area contributed by atoms with Crippen molar-refractivity contribution in [3.05, 3.63) is 58.6 Å².